The molecule has 1 aromatic heterocycles. The summed E-state index contributed by atoms with van der Waals surface area (Å²) >= 11 is 0. The quantitative estimate of drug-likeness (QED) is 0.835. The number of allylic oxidation sites excluding steroid dienone is 2. The Bertz CT molecular complexity index is 985. The van der Waals surface area contributed by atoms with E-state index in [0.717, 1.165) is 6.08 Å². The molecule has 0 amide bonds. The van der Waals surface area contributed by atoms with Gasteiger partial charge in [-0.05, 0) is 25.1 Å². The largest absolute Gasteiger partial charge is 0.417 e. The number of hydrogen-bond acceptors (Lipinski definition) is 7. The molecule has 0 bridgehead atoms. The van der Waals surface area contributed by atoms with Crippen molar-refractivity contribution < 1.29 is 26.8 Å². The first-order valence-corrected chi connectivity index (χ1v) is 9.58. The molecule has 0 saturated heterocycles. The van der Waals surface area contributed by atoms with Gasteiger partial charge in [-0.1, -0.05) is 6.92 Å². The van der Waals surface area contributed by atoms with Gasteiger partial charge in [0.25, 0.3) is 0 Å². The van der Waals surface area contributed by atoms with Crippen LogP contribution in [0.15, 0.2) is 51.8 Å². The standard InChI is InChI=1S/C16H17F3N4O3S/c1-4-27(25,26)11-6-5-7-20-13(11)14-21-12-8-10(16(17,18)19)9-23(24)15(12,2)22(14)3/h5-9,24H,4H2,1-3H3. The second-order valence-corrected chi connectivity index (χ2v) is 8.47. The number of aliphatic imine (C=N–C) groups is 1. The summed E-state index contributed by atoms with van der Waals surface area (Å²) < 4.78 is 64.0. The minimum Gasteiger partial charge on any atom is -0.328 e. The van der Waals surface area contributed by atoms with Crippen molar-refractivity contribution in [2.24, 2.45) is 4.99 Å². The van der Waals surface area contributed by atoms with E-state index < -0.39 is 27.2 Å². The molecule has 0 aromatic carbocycles. The number of rotatable bonds is 3. The Labute approximate surface area is 154 Å². The molecule has 0 radical (unpaired) electrons. The molecule has 2 aliphatic rings. The molecule has 3 rings (SSSR count). The van der Waals surface area contributed by atoms with Crippen LogP contribution in [0.5, 0.6) is 0 Å². The zero-order valence-corrected chi connectivity index (χ0v) is 15.5. The van der Waals surface area contributed by atoms with Gasteiger partial charge < -0.3 is 4.90 Å². The van der Waals surface area contributed by atoms with Crippen LogP contribution in [-0.4, -0.2) is 59.0 Å². The van der Waals surface area contributed by atoms with E-state index in [4.69, 9.17) is 0 Å². The van der Waals surface area contributed by atoms with Gasteiger partial charge in [-0.3, -0.25) is 10.2 Å². The van der Waals surface area contributed by atoms with Crippen LogP contribution >= 0.6 is 0 Å². The van der Waals surface area contributed by atoms with Gasteiger partial charge in [0.1, 0.15) is 5.69 Å². The number of fused-ring (bicyclic) bond motifs is 1. The molecule has 1 aromatic rings. The molecule has 0 spiro atoms. The van der Waals surface area contributed by atoms with Gasteiger partial charge >= 0.3 is 6.18 Å². The van der Waals surface area contributed by atoms with Gasteiger partial charge in [0, 0.05) is 19.4 Å². The van der Waals surface area contributed by atoms with Crippen LogP contribution in [0.2, 0.25) is 0 Å². The molecular weight excluding hydrogens is 385 g/mol. The Morgan fingerprint density at radius 2 is 2.00 bits per heavy atom. The normalized spacial score (nSPS) is 23.0. The van der Waals surface area contributed by atoms with Crippen molar-refractivity contribution in [3.8, 4) is 0 Å². The fourth-order valence-electron chi connectivity index (χ4n) is 2.89. The Balaban J connectivity index is 2.18. The van der Waals surface area contributed by atoms with Crippen molar-refractivity contribution in [3.05, 3.63) is 47.6 Å². The number of likely N-dealkylation sites (N-methyl/N-ethyl adjacent to an activating group) is 1. The maximum atomic E-state index is 13.1. The van der Waals surface area contributed by atoms with E-state index >= 15 is 0 Å². The Morgan fingerprint density at radius 1 is 1.33 bits per heavy atom. The lowest BCUT2D eigenvalue weighted by Crippen LogP contribution is -2.55. The fraction of sp³-hybridized carbons (Fsp3) is 0.375. The molecule has 0 aliphatic carbocycles. The highest BCUT2D eigenvalue weighted by Crippen LogP contribution is 2.42. The smallest absolute Gasteiger partial charge is 0.328 e. The third kappa shape index (κ3) is 2.90. The fourth-order valence-corrected chi connectivity index (χ4v) is 3.92. The highest BCUT2D eigenvalue weighted by molar-refractivity contribution is 7.91. The molecule has 27 heavy (non-hydrogen) atoms. The number of amidine groups is 1. The Hall–Kier alpha value is -2.40. The number of nitrogens with zero attached hydrogens (tertiary/aromatic N) is 4. The average molecular weight is 402 g/mol. The summed E-state index contributed by atoms with van der Waals surface area (Å²) in [6.45, 7) is 2.95. The summed E-state index contributed by atoms with van der Waals surface area (Å²) in [4.78, 5) is 9.59. The molecule has 0 saturated carbocycles. The highest BCUT2D eigenvalue weighted by atomic mass is 32.2. The van der Waals surface area contributed by atoms with Crippen LogP contribution in [0.4, 0.5) is 13.2 Å². The minimum absolute atomic E-state index is 0.0142. The minimum atomic E-state index is -4.67. The molecule has 11 heteroatoms. The number of sulfone groups is 1. The molecule has 1 N–H and O–H groups in total. The van der Waals surface area contributed by atoms with Crippen LogP contribution in [0.1, 0.15) is 19.5 Å². The van der Waals surface area contributed by atoms with Crippen molar-refractivity contribution in [2.45, 2.75) is 30.6 Å². The SMILES string of the molecule is CCS(=O)(=O)c1cccnc1C1=NC2=CC(C(F)(F)F)=CN(O)C2(C)N1C. The number of halogens is 3. The third-order valence-corrected chi connectivity index (χ3v) is 6.47. The maximum Gasteiger partial charge on any atom is 0.417 e. The van der Waals surface area contributed by atoms with E-state index in [1.807, 2.05) is 0 Å². The zero-order valence-electron chi connectivity index (χ0n) is 14.7. The molecular formula is C16H17F3N4O3S. The van der Waals surface area contributed by atoms with Gasteiger partial charge in [-0.25, -0.2) is 18.5 Å². The van der Waals surface area contributed by atoms with Crippen molar-refractivity contribution in [1.82, 2.24) is 14.9 Å². The lowest BCUT2D eigenvalue weighted by atomic mass is 10.0. The van der Waals surface area contributed by atoms with Crippen LogP contribution in [-0.2, 0) is 9.84 Å². The first kappa shape index (κ1) is 19.4. The number of hydroxylamine groups is 2. The van der Waals surface area contributed by atoms with Gasteiger partial charge in [0.2, 0.25) is 0 Å². The number of pyridine rings is 1. The maximum absolute atomic E-state index is 13.1. The van der Waals surface area contributed by atoms with Gasteiger partial charge in [-0.15, -0.1) is 0 Å². The van der Waals surface area contributed by atoms with E-state index in [1.165, 1.54) is 44.1 Å². The zero-order chi connectivity index (χ0) is 20.2. The molecule has 1 unspecified atom stereocenters. The van der Waals surface area contributed by atoms with Crippen molar-refractivity contribution in [2.75, 3.05) is 12.8 Å². The van der Waals surface area contributed by atoms with E-state index in [2.05, 4.69) is 9.98 Å². The van der Waals surface area contributed by atoms with Crippen LogP contribution in [0, 0.1) is 0 Å². The molecule has 2 aliphatic heterocycles. The van der Waals surface area contributed by atoms with Crippen molar-refractivity contribution in [1.29, 1.82) is 0 Å². The molecule has 3 heterocycles. The van der Waals surface area contributed by atoms with Crippen molar-refractivity contribution in [3.63, 3.8) is 0 Å². The van der Waals surface area contributed by atoms with E-state index in [-0.39, 0.29) is 27.9 Å². The predicted octanol–water partition coefficient (Wildman–Crippen LogP) is 2.32. The predicted molar refractivity (Wildman–Crippen MR) is 90.5 cm³/mol. The second-order valence-electron chi connectivity index (χ2n) is 6.23. The van der Waals surface area contributed by atoms with E-state index in [0.29, 0.717) is 11.3 Å². The lowest BCUT2D eigenvalue weighted by molar-refractivity contribution is -0.154. The molecule has 1 atom stereocenters. The summed E-state index contributed by atoms with van der Waals surface area (Å²) in [6, 6.07) is 2.82. The molecule has 146 valence electrons. The number of aromatic nitrogens is 1. The first-order valence-electron chi connectivity index (χ1n) is 7.93. The summed E-state index contributed by atoms with van der Waals surface area (Å²) in [6.07, 6.45) is -1.91. The number of hydrogen-bond donors (Lipinski definition) is 1. The van der Waals surface area contributed by atoms with Gasteiger partial charge in [-0.2, -0.15) is 13.2 Å². The van der Waals surface area contributed by atoms with E-state index in [9.17, 15) is 26.8 Å². The van der Waals surface area contributed by atoms with Gasteiger partial charge in [0.15, 0.2) is 21.3 Å². The lowest BCUT2D eigenvalue weighted by Gasteiger charge is -2.42. The monoisotopic (exact) mass is 402 g/mol. The number of alkyl halides is 3. The second kappa shape index (κ2) is 6.06. The topological polar surface area (TPSA) is 86.1 Å². The van der Waals surface area contributed by atoms with Crippen LogP contribution in [0.25, 0.3) is 0 Å². The van der Waals surface area contributed by atoms with Crippen LogP contribution < -0.4 is 0 Å². The Morgan fingerprint density at radius 3 is 2.59 bits per heavy atom. The summed E-state index contributed by atoms with van der Waals surface area (Å²) in [5, 5.41) is 10.7. The first-order chi connectivity index (χ1) is 12.4. The summed E-state index contributed by atoms with van der Waals surface area (Å²) in [5.74, 6) is -0.124. The van der Waals surface area contributed by atoms with E-state index in [1.54, 1.807) is 0 Å². The Kier molecular flexibility index (Phi) is 4.35. The molecule has 7 nitrogen and oxygen atoms in total. The van der Waals surface area contributed by atoms with Crippen molar-refractivity contribution >= 4 is 15.7 Å². The third-order valence-electron chi connectivity index (χ3n) is 4.71. The molecule has 0 fully saturated rings. The highest BCUT2D eigenvalue weighted by Gasteiger charge is 2.50. The summed E-state index contributed by atoms with van der Waals surface area (Å²) in [5.41, 5.74) is -2.57. The average Bonchev–Trinajstić information content (AvgIpc) is 2.87. The van der Waals surface area contributed by atoms with Gasteiger partial charge in [0.05, 0.1) is 21.9 Å². The van der Waals surface area contributed by atoms with Crippen LogP contribution in [0.3, 0.4) is 0 Å². The summed E-state index contributed by atoms with van der Waals surface area (Å²) in [7, 11) is -2.16.